The highest BCUT2D eigenvalue weighted by atomic mass is 16.3. The Hall–Kier alpha value is -0.650. The van der Waals surface area contributed by atoms with Crippen LogP contribution in [0.15, 0.2) is 0 Å². The first-order valence-electron chi connectivity index (χ1n) is 6.99. The van der Waals surface area contributed by atoms with Crippen molar-refractivity contribution < 1.29 is 15.0 Å². The largest absolute Gasteiger partial charge is 0.395 e. The molecule has 5 nitrogen and oxygen atoms in total. The molecule has 2 N–H and O–H groups in total. The number of hydrogen-bond acceptors (Lipinski definition) is 4. The maximum Gasteiger partial charge on any atom is 0.236 e. The van der Waals surface area contributed by atoms with E-state index in [9.17, 15) is 4.79 Å². The van der Waals surface area contributed by atoms with Crippen molar-refractivity contribution in [2.75, 3.05) is 45.9 Å². The fourth-order valence-corrected chi connectivity index (χ4v) is 2.34. The van der Waals surface area contributed by atoms with Gasteiger partial charge in [0.2, 0.25) is 5.91 Å². The van der Waals surface area contributed by atoms with Gasteiger partial charge < -0.3 is 15.1 Å². The van der Waals surface area contributed by atoms with Gasteiger partial charge in [-0.1, -0.05) is 19.3 Å². The summed E-state index contributed by atoms with van der Waals surface area (Å²) in [6.07, 6.45) is 5.88. The minimum Gasteiger partial charge on any atom is -0.395 e. The van der Waals surface area contributed by atoms with Crippen LogP contribution in [0.5, 0.6) is 0 Å². The minimum atomic E-state index is 0.0211. The van der Waals surface area contributed by atoms with Crippen molar-refractivity contribution in [1.29, 1.82) is 0 Å². The van der Waals surface area contributed by atoms with Crippen molar-refractivity contribution in [3.8, 4) is 0 Å². The molecule has 5 heteroatoms. The number of carbonyl (C=O) groups excluding carboxylic acids is 1. The molecule has 0 unspecified atom stereocenters. The van der Waals surface area contributed by atoms with Crippen LogP contribution in [-0.2, 0) is 4.79 Å². The average molecular weight is 258 g/mol. The Kier molecular flexibility index (Phi) is 7.96. The molecule has 0 saturated carbocycles. The van der Waals surface area contributed by atoms with Gasteiger partial charge in [-0.05, 0) is 12.8 Å². The highest BCUT2D eigenvalue weighted by molar-refractivity contribution is 5.78. The molecule has 18 heavy (non-hydrogen) atoms. The van der Waals surface area contributed by atoms with Gasteiger partial charge in [-0.15, -0.1) is 0 Å². The van der Waals surface area contributed by atoms with Gasteiger partial charge in [0, 0.05) is 26.2 Å². The van der Waals surface area contributed by atoms with Crippen molar-refractivity contribution in [2.24, 2.45) is 0 Å². The van der Waals surface area contributed by atoms with E-state index in [1.54, 1.807) is 4.90 Å². The molecule has 0 aliphatic carbocycles. The summed E-state index contributed by atoms with van der Waals surface area (Å²) in [6.45, 7) is 2.94. The molecule has 0 atom stereocenters. The van der Waals surface area contributed by atoms with E-state index in [1.165, 1.54) is 19.3 Å². The quantitative estimate of drug-likeness (QED) is 0.707. The Morgan fingerprint density at radius 3 is 1.94 bits per heavy atom. The third kappa shape index (κ3) is 5.80. The van der Waals surface area contributed by atoms with Crippen molar-refractivity contribution in [2.45, 2.75) is 32.1 Å². The fourth-order valence-electron chi connectivity index (χ4n) is 2.34. The van der Waals surface area contributed by atoms with Crippen LogP contribution in [0.3, 0.4) is 0 Å². The minimum absolute atomic E-state index is 0.0211. The predicted molar refractivity (Wildman–Crippen MR) is 70.3 cm³/mol. The first kappa shape index (κ1) is 15.4. The SMILES string of the molecule is O=C(CN(CCO)CCO)N1CCCCCCC1. The van der Waals surface area contributed by atoms with E-state index in [0.29, 0.717) is 19.6 Å². The number of likely N-dealkylation sites (tertiary alicyclic amines) is 1. The van der Waals surface area contributed by atoms with Crippen LogP contribution in [0.25, 0.3) is 0 Å². The smallest absolute Gasteiger partial charge is 0.236 e. The molecule has 106 valence electrons. The maximum absolute atomic E-state index is 12.1. The van der Waals surface area contributed by atoms with Crippen molar-refractivity contribution >= 4 is 5.91 Å². The normalized spacial score (nSPS) is 17.6. The zero-order chi connectivity index (χ0) is 13.2. The molecule has 1 aliphatic heterocycles. The molecule has 0 spiro atoms. The third-order valence-electron chi connectivity index (χ3n) is 3.40. The van der Waals surface area contributed by atoms with Crippen molar-refractivity contribution in [3.05, 3.63) is 0 Å². The van der Waals surface area contributed by atoms with Gasteiger partial charge in [-0.3, -0.25) is 9.69 Å². The Labute approximate surface area is 109 Å². The summed E-state index contributed by atoms with van der Waals surface area (Å²) in [6, 6.07) is 0. The van der Waals surface area contributed by atoms with Crippen LogP contribution in [0.1, 0.15) is 32.1 Å². The van der Waals surface area contributed by atoms with Crippen LogP contribution in [0.2, 0.25) is 0 Å². The summed E-state index contributed by atoms with van der Waals surface area (Å²) >= 11 is 0. The third-order valence-corrected chi connectivity index (χ3v) is 3.40. The molecular weight excluding hydrogens is 232 g/mol. The number of rotatable bonds is 6. The predicted octanol–water partition coefficient (Wildman–Crippen LogP) is 0.0657. The van der Waals surface area contributed by atoms with Gasteiger partial charge in [0.15, 0.2) is 0 Å². The number of hydrogen-bond donors (Lipinski definition) is 2. The lowest BCUT2D eigenvalue weighted by molar-refractivity contribution is -0.133. The molecule has 1 aliphatic rings. The highest BCUT2D eigenvalue weighted by Gasteiger charge is 2.17. The molecule has 1 amide bonds. The monoisotopic (exact) mass is 258 g/mol. The summed E-state index contributed by atoms with van der Waals surface area (Å²) in [5.74, 6) is 0.124. The van der Waals surface area contributed by atoms with Crippen LogP contribution in [0.4, 0.5) is 0 Å². The van der Waals surface area contributed by atoms with Gasteiger partial charge in [0.25, 0.3) is 0 Å². The van der Waals surface area contributed by atoms with E-state index < -0.39 is 0 Å². The van der Waals surface area contributed by atoms with Gasteiger partial charge in [0.05, 0.1) is 19.8 Å². The lowest BCUT2D eigenvalue weighted by Gasteiger charge is -2.28. The fraction of sp³-hybridized carbons (Fsp3) is 0.923. The van der Waals surface area contributed by atoms with Crippen LogP contribution >= 0.6 is 0 Å². The van der Waals surface area contributed by atoms with E-state index in [2.05, 4.69) is 0 Å². The first-order valence-corrected chi connectivity index (χ1v) is 6.99. The van der Waals surface area contributed by atoms with Gasteiger partial charge in [-0.25, -0.2) is 0 Å². The Morgan fingerprint density at radius 2 is 1.44 bits per heavy atom. The molecule has 0 bridgehead atoms. The van der Waals surface area contributed by atoms with Gasteiger partial charge >= 0.3 is 0 Å². The van der Waals surface area contributed by atoms with Crippen molar-refractivity contribution in [3.63, 3.8) is 0 Å². The number of aliphatic hydroxyl groups excluding tert-OH is 2. The second-order valence-corrected chi connectivity index (χ2v) is 4.87. The van der Waals surface area contributed by atoms with Gasteiger partial charge in [-0.2, -0.15) is 0 Å². The molecule has 1 fully saturated rings. The van der Waals surface area contributed by atoms with Crippen LogP contribution in [-0.4, -0.2) is 71.9 Å². The van der Waals surface area contributed by atoms with E-state index in [1.807, 2.05) is 4.90 Å². The number of carbonyl (C=O) groups is 1. The van der Waals surface area contributed by atoms with E-state index in [0.717, 1.165) is 25.9 Å². The second kappa shape index (κ2) is 9.30. The summed E-state index contributed by atoms with van der Waals surface area (Å²) in [5, 5.41) is 17.8. The zero-order valence-electron chi connectivity index (χ0n) is 11.2. The van der Waals surface area contributed by atoms with Gasteiger partial charge in [0.1, 0.15) is 0 Å². The lowest BCUT2D eigenvalue weighted by Crippen LogP contribution is -2.43. The summed E-state index contributed by atoms with van der Waals surface area (Å²) in [7, 11) is 0. The second-order valence-electron chi connectivity index (χ2n) is 4.87. The molecule has 0 aromatic rings. The van der Waals surface area contributed by atoms with Crippen LogP contribution < -0.4 is 0 Å². The Morgan fingerprint density at radius 1 is 0.944 bits per heavy atom. The molecule has 1 heterocycles. The summed E-state index contributed by atoms with van der Waals surface area (Å²) in [5.41, 5.74) is 0. The summed E-state index contributed by atoms with van der Waals surface area (Å²) in [4.78, 5) is 15.9. The van der Waals surface area contributed by atoms with Crippen molar-refractivity contribution in [1.82, 2.24) is 9.80 Å². The van der Waals surface area contributed by atoms with E-state index in [4.69, 9.17) is 10.2 Å². The first-order chi connectivity index (χ1) is 8.77. The average Bonchev–Trinajstić information content (AvgIpc) is 2.28. The molecular formula is C13H26N2O3. The van der Waals surface area contributed by atoms with Crippen LogP contribution in [0, 0.1) is 0 Å². The summed E-state index contributed by atoms with van der Waals surface area (Å²) < 4.78 is 0. The zero-order valence-corrected chi connectivity index (χ0v) is 11.2. The standard InChI is InChI=1S/C13H26N2O3/c16-10-8-14(9-11-17)12-13(18)15-6-4-2-1-3-5-7-15/h16-17H,1-12H2. The molecule has 0 radical (unpaired) electrons. The number of nitrogens with zero attached hydrogens (tertiary/aromatic N) is 2. The molecule has 1 rings (SSSR count). The molecule has 0 aromatic heterocycles. The molecule has 0 aromatic carbocycles. The maximum atomic E-state index is 12.1. The highest BCUT2D eigenvalue weighted by Crippen LogP contribution is 2.10. The number of amides is 1. The van der Waals surface area contributed by atoms with E-state index >= 15 is 0 Å². The molecule has 1 saturated heterocycles. The lowest BCUT2D eigenvalue weighted by atomic mass is 10.1. The Bertz CT molecular complexity index is 222. The number of aliphatic hydroxyl groups is 2. The topological polar surface area (TPSA) is 64.0 Å². The van der Waals surface area contributed by atoms with E-state index in [-0.39, 0.29) is 19.1 Å². The Balaban J connectivity index is 2.39.